The van der Waals surface area contributed by atoms with Gasteiger partial charge >= 0.3 is 5.97 Å². The number of aliphatic carboxylic acids is 1. The molecular weight excluding hydrogens is 449 g/mol. The zero-order valence-electron chi connectivity index (χ0n) is 17.3. The van der Waals surface area contributed by atoms with E-state index in [1.54, 1.807) is 12.1 Å². The van der Waals surface area contributed by atoms with Crippen LogP contribution in [0.3, 0.4) is 0 Å². The number of ether oxygens (including phenoxy) is 2. The smallest absolute Gasteiger partial charge is 0.307 e. The first-order chi connectivity index (χ1) is 15.5. The highest BCUT2D eigenvalue weighted by atomic mass is 35.5. The van der Waals surface area contributed by atoms with Gasteiger partial charge in [0.25, 0.3) is 0 Å². The van der Waals surface area contributed by atoms with Crippen molar-refractivity contribution in [2.24, 2.45) is 0 Å². The molecule has 0 aliphatic heterocycles. The van der Waals surface area contributed by atoms with Crippen molar-refractivity contribution in [3.05, 3.63) is 81.8 Å². The van der Waals surface area contributed by atoms with Crippen molar-refractivity contribution in [2.45, 2.75) is 20.0 Å². The van der Waals surface area contributed by atoms with Crippen molar-refractivity contribution in [1.82, 2.24) is 4.98 Å². The van der Waals surface area contributed by atoms with Gasteiger partial charge in [-0.2, -0.15) is 0 Å². The third kappa shape index (κ3) is 4.69. The van der Waals surface area contributed by atoms with Crippen molar-refractivity contribution in [1.29, 1.82) is 0 Å². The summed E-state index contributed by atoms with van der Waals surface area (Å²) >= 11 is 12.6. The first-order valence-corrected chi connectivity index (χ1v) is 10.9. The summed E-state index contributed by atoms with van der Waals surface area (Å²) in [6, 6.07) is 18.7. The molecule has 0 amide bonds. The lowest BCUT2D eigenvalue weighted by atomic mass is 10.0. The molecule has 0 fully saturated rings. The summed E-state index contributed by atoms with van der Waals surface area (Å²) < 4.78 is 11.8. The molecule has 0 atom stereocenters. The minimum absolute atomic E-state index is 0.188. The van der Waals surface area contributed by atoms with Crippen LogP contribution < -0.4 is 9.47 Å². The molecule has 0 aliphatic rings. The highest BCUT2D eigenvalue weighted by molar-refractivity contribution is 6.39. The van der Waals surface area contributed by atoms with E-state index in [9.17, 15) is 9.90 Å². The summed E-state index contributed by atoms with van der Waals surface area (Å²) in [5.74, 6) is 0.229. The van der Waals surface area contributed by atoms with E-state index in [2.05, 4.69) is 4.98 Å². The molecule has 0 aliphatic carbocycles. The molecular formula is C25H21Cl2NO4. The van der Waals surface area contributed by atoms with Gasteiger partial charge in [0.05, 0.1) is 23.7 Å². The number of halogens is 2. The van der Waals surface area contributed by atoms with E-state index in [-0.39, 0.29) is 6.42 Å². The van der Waals surface area contributed by atoms with Crippen LogP contribution in [-0.2, 0) is 17.8 Å². The summed E-state index contributed by atoms with van der Waals surface area (Å²) in [4.78, 5) is 14.9. The van der Waals surface area contributed by atoms with Gasteiger partial charge in [-0.3, -0.25) is 4.79 Å². The second kappa shape index (κ2) is 9.55. The molecule has 0 saturated carbocycles. The number of aromatic amines is 1. The first-order valence-electron chi connectivity index (χ1n) is 10.1. The van der Waals surface area contributed by atoms with Crippen LogP contribution in [0.25, 0.3) is 22.2 Å². The molecule has 0 spiro atoms. The van der Waals surface area contributed by atoms with Gasteiger partial charge in [-0.25, -0.2) is 0 Å². The molecule has 2 N–H and O–H groups in total. The Bertz CT molecular complexity index is 1270. The van der Waals surface area contributed by atoms with E-state index >= 15 is 0 Å². The van der Waals surface area contributed by atoms with Crippen LogP contribution in [0, 0.1) is 0 Å². The maximum Gasteiger partial charge on any atom is 0.307 e. The van der Waals surface area contributed by atoms with Crippen LogP contribution in [-0.4, -0.2) is 22.7 Å². The number of carbonyl (C=O) groups is 1. The second-order valence-corrected chi connectivity index (χ2v) is 8.07. The number of aromatic nitrogens is 1. The van der Waals surface area contributed by atoms with Gasteiger partial charge in [0, 0.05) is 21.5 Å². The van der Waals surface area contributed by atoms with Crippen molar-refractivity contribution >= 4 is 40.1 Å². The molecule has 5 nitrogen and oxygen atoms in total. The molecule has 1 heterocycles. The van der Waals surface area contributed by atoms with E-state index in [4.69, 9.17) is 32.7 Å². The number of hydrogen-bond donors (Lipinski definition) is 2. The van der Waals surface area contributed by atoms with E-state index in [0.29, 0.717) is 56.9 Å². The monoisotopic (exact) mass is 469 g/mol. The fourth-order valence-corrected chi connectivity index (χ4v) is 4.28. The van der Waals surface area contributed by atoms with E-state index < -0.39 is 5.97 Å². The largest absolute Gasteiger partial charge is 0.490 e. The molecule has 1 aromatic heterocycles. The van der Waals surface area contributed by atoms with Gasteiger partial charge in [-0.15, -0.1) is 0 Å². The predicted molar refractivity (Wildman–Crippen MR) is 127 cm³/mol. The molecule has 0 radical (unpaired) electrons. The lowest BCUT2D eigenvalue weighted by molar-refractivity contribution is -0.136. The molecule has 3 aromatic carbocycles. The fraction of sp³-hybridized carbons (Fsp3) is 0.160. The third-order valence-corrected chi connectivity index (χ3v) is 5.53. The Hall–Kier alpha value is -3.15. The van der Waals surface area contributed by atoms with Crippen LogP contribution in [0.15, 0.2) is 60.7 Å². The highest BCUT2D eigenvalue weighted by Gasteiger charge is 2.20. The van der Waals surface area contributed by atoms with Gasteiger partial charge in [-0.05, 0) is 48.4 Å². The third-order valence-electron chi connectivity index (χ3n) is 5.02. The Morgan fingerprint density at radius 1 is 1.00 bits per heavy atom. The number of rotatable bonds is 8. The van der Waals surface area contributed by atoms with Gasteiger partial charge in [-0.1, -0.05) is 53.5 Å². The average molecular weight is 470 g/mol. The minimum atomic E-state index is -0.953. The Morgan fingerprint density at radius 2 is 1.78 bits per heavy atom. The van der Waals surface area contributed by atoms with Crippen LogP contribution in [0.2, 0.25) is 10.0 Å². The maximum atomic E-state index is 11.6. The molecule has 164 valence electrons. The van der Waals surface area contributed by atoms with Crippen molar-refractivity contribution in [3.63, 3.8) is 0 Å². The van der Waals surface area contributed by atoms with Gasteiger partial charge in [0.1, 0.15) is 6.61 Å². The number of hydrogen-bond acceptors (Lipinski definition) is 3. The second-order valence-electron chi connectivity index (χ2n) is 7.23. The Labute approximate surface area is 195 Å². The molecule has 0 unspecified atom stereocenters. The van der Waals surface area contributed by atoms with E-state index in [0.717, 1.165) is 11.1 Å². The molecule has 7 heteroatoms. The lowest BCUT2D eigenvalue weighted by Gasteiger charge is -2.14. The number of carboxylic acids is 1. The number of benzene rings is 3. The lowest BCUT2D eigenvalue weighted by Crippen LogP contribution is -2.02. The predicted octanol–water partition coefficient (Wildman–Crippen LogP) is 6.75. The number of H-pyrrole nitrogens is 1. The normalized spacial score (nSPS) is 11.0. The minimum Gasteiger partial charge on any atom is -0.490 e. The van der Waals surface area contributed by atoms with E-state index in [1.165, 1.54) is 0 Å². The summed E-state index contributed by atoms with van der Waals surface area (Å²) in [6.07, 6.45) is -0.188. The van der Waals surface area contributed by atoms with Crippen LogP contribution in [0.5, 0.6) is 11.5 Å². The van der Waals surface area contributed by atoms with Crippen LogP contribution in [0.1, 0.15) is 18.1 Å². The molecule has 0 bridgehead atoms. The number of fused-ring (bicyclic) bond motifs is 1. The van der Waals surface area contributed by atoms with Crippen LogP contribution in [0.4, 0.5) is 0 Å². The summed E-state index contributed by atoms with van der Waals surface area (Å²) in [5.41, 5.74) is 3.73. The van der Waals surface area contributed by atoms with Crippen LogP contribution >= 0.6 is 23.2 Å². The molecule has 0 saturated heterocycles. The van der Waals surface area contributed by atoms with E-state index in [1.807, 2.05) is 55.5 Å². The standard InChI is InChI=1S/C25H21Cl2NO4/c1-2-31-22-10-16(8-9-21(22)32-14-15-6-4-3-5-7-15)25-18(13-23(29)30)24-19(27)11-17(26)12-20(24)28-25/h3-12,28H,2,13-14H2,1H3,(H,29,30). The van der Waals surface area contributed by atoms with Crippen molar-refractivity contribution < 1.29 is 19.4 Å². The molecule has 4 aromatic rings. The topological polar surface area (TPSA) is 71.6 Å². The van der Waals surface area contributed by atoms with Crippen molar-refractivity contribution in [3.8, 4) is 22.8 Å². The first kappa shape index (κ1) is 22.1. The maximum absolute atomic E-state index is 11.6. The fourth-order valence-electron chi connectivity index (χ4n) is 3.67. The Balaban J connectivity index is 1.76. The van der Waals surface area contributed by atoms with Gasteiger partial charge < -0.3 is 19.6 Å². The molecule has 32 heavy (non-hydrogen) atoms. The zero-order chi connectivity index (χ0) is 22.7. The Kier molecular flexibility index (Phi) is 6.58. The quantitative estimate of drug-likeness (QED) is 0.299. The number of nitrogens with one attached hydrogen (secondary N) is 1. The SMILES string of the molecule is CCOc1cc(-c2[nH]c3cc(Cl)cc(Cl)c3c2CC(=O)O)ccc1OCc1ccccc1. The van der Waals surface area contributed by atoms with Crippen molar-refractivity contribution in [2.75, 3.05) is 6.61 Å². The molecule has 4 rings (SSSR count). The van der Waals surface area contributed by atoms with Gasteiger partial charge in [0.15, 0.2) is 11.5 Å². The van der Waals surface area contributed by atoms with Gasteiger partial charge in [0.2, 0.25) is 0 Å². The highest BCUT2D eigenvalue weighted by Crippen LogP contribution is 2.39. The summed E-state index contributed by atoms with van der Waals surface area (Å²) in [5, 5.41) is 11.0. The average Bonchev–Trinajstić information content (AvgIpc) is 3.11. The summed E-state index contributed by atoms with van der Waals surface area (Å²) in [7, 11) is 0. The Morgan fingerprint density at radius 3 is 2.50 bits per heavy atom. The summed E-state index contributed by atoms with van der Waals surface area (Å²) in [6.45, 7) is 2.76. The zero-order valence-corrected chi connectivity index (χ0v) is 18.8. The number of carboxylic acid groups (broad SMARTS) is 1.